The molecule has 0 fully saturated rings. The standard InChI is InChI=1S/C21H21ClN2O3/c1-13-9-18(10-14(2)21(13)22)26-12-17-6-5-16(27-17)7-8-20(25)19-11-23-24(4)15(19)3/h5-11H,12H2,1-4H3/b8-7+. The number of allylic oxidation sites excluding steroid dienone is 1. The van der Waals surface area contributed by atoms with Crippen molar-refractivity contribution in [3.05, 3.63) is 75.5 Å². The molecule has 0 saturated carbocycles. The number of hydrogen-bond donors (Lipinski definition) is 0. The number of furan rings is 1. The van der Waals surface area contributed by atoms with Crippen molar-refractivity contribution in [1.82, 2.24) is 9.78 Å². The van der Waals surface area contributed by atoms with E-state index in [1.54, 1.807) is 30.1 Å². The van der Waals surface area contributed by atoms with Crippen LogP contribution in [0.1, 0.15) is 38.7 Å². The summed E-state index contributed by atoms with van der Waals surface area (Å²) in [6.45, 7) is 6.04. The second kappa shape index (κ2) is 7.84. The van der Waals surface area contributed by atoms with Gasteiger partial charge >= 0.3 is 0 Å². The first-order valence-electron chi connectivity index (χ1n) is 8.54. The lowest BCUT2D eigenvalue weighted by Crippen LogP contribution is -1.98. The summed E-state index contributed by atoms with van der Waals surface area (Å²) < 4.78 is 13.2. The Morgan fingerprint density at radius 1 is 1.26 bits per heavy atom. The van der Waals surface area contributed by atoms with Crippen LogP contribution in [-0.4, -0.2) is 15.6 Å². The number of benzene rings is 1. The maximum Gasteiger partial charge on any atom is 0.189 e. The predicted octanol–water partition coefficient (Wildman–Crippen LogP) is 5.07. The van der Waals surface area contributed by atoms with E-state index < -0.39 is 0 Å². The van der Waals surface area contributed by atoms with Crippen LogP contribution in [0.5, 0.6) is 5.75 Å². The van der Waals surface area contributed by atoms with Gasteiger partial charge in [-0.25, -0.2) is 0 Å². The van der Waals surface area contributed by atoms with Crippen molar-refractivity contribution in [2.24, 2.45) is 7.05 Å². The van der Waals surface area contributed by atoms with Gasteiger partial charge in [0.1, 0.15) is 23.9 Å². The number of halogens is 1. The van der Waals surface area contributed by atoms with E-state index in [2.05, 4.69) is 5.10 Å². The Bertz CT molecular complexity index is 991. The van der Waals surface area contributed by atoms with E-state index in [0.29, 0.717) is 23.7 Å². The highest BCUT2D eigenvalue weighted by Gasteiger charge is 2.10. The smallest absolute Gasteiger partial charge is 0.189 e. The fraction of sp³-hybridized carbons (Fsp3) is 0.238. The molecule has 2 aromatic heterocycles. The number of ether oxygens (including phenoxy) is 1. The third kappa shape index (κ3) is 4.31. The van der Waals surface area contributed by atoms with Crippen LogP contribution in [-0.2, 0) is 13.7 Å². The first kappa shape index (κ1) is 19.0. The molecule has 3 rings (SSSR count). The molecular weight excluding hydrogens is 364 g/mol. The number of carbonyl (C=O) groups excluding carboxylic acids is 1. The van der Waals surface area contributed by atoms with Crippen LogP contribution in [0, 0.1) is 20.8 Å². The summed E-state index contributed by atoms with van der Waals surface area (Å²) in [6.07, 6.45) is 4.70. The molecule has 0 saturated heterocycles. The van der Waals surface area contributed by atoms with Gasteiger partial charge in [0.05, 0.1) is 11.8 Å². The van der Waals surface area contributed by atoms with E-state index >= 15 is 0 Å². The minimum atomic E-state index is -0.109. The Labute approximate surface area is 163 Å². The molecule has 0 atom stereocenters. The second-order valence-corrected chi connectivity index (χ2v) is 6.81. The minimum absolute atomic E-state index is 0.109. The number of ketones is 1. The van der Waals surface area contributed by atoms with Crippen molar-refractivity contribution in [3.8, 4) is 5.75 Å². The lowest BCUT2D eigenvalue weighted by Gasteiger charge is -2.08. The highest BCUT2D eigenvalue weighted by atomic mass is 35.5. The van der Waals surface area contributed by atoms with Crippen LogP contribution >= 0.6 is 11.6 Å². The Kier molecular flexibility index (Phi) is 5.51. The van der Waals surface area contributed by atoms with Gasteiger partial charge in [-0.05, 0) is 68.3 Å². The molecule has 140 valence electrons. The Morgan fingerprint density at radius 3 is 2.59 bits per heavy atom. The highest BCUT2D eigenvalue weighted by Crippen LogP contribution is 2.26. The first-order valence-corrected chi connectivity index (χ1v) is 8.92. The van der Waals surface area contributed by atoms with E-state index in [1.165, 1.54) is 6.08 Å². The van der Waals surface area contributed by atoms with Gasteiger partial charge in [-0.3, -0.25) is 9.48 Å². The Balaban J connectivity index is 1.63. The second-order valence-electron chi connectivity index (χ2n) is 6.43. The normalized spacial score (nSPS) is 11.3. The molecule has 1 aromatic carbocycles. The van der Waals surface area contributed by atoms with Crippen molar-refractivity contribution >= 4 is 23.5 Å². The fourth-order valence-corrected chi connectivity index (χ4v) is 2.80. The zero-order valence-corrected chi connectivity index (χ0v) is 16.5. The van der Waals surface area contributed by atoms with Crippen LogP contribution in [0.4, 0.5) is 0 Å². The molecule has 6 heteroatoms. The van der Waals surface area contributed by atoms with E-state index in [-0.39, 0.29) is 5.78 Å². The van der Waals surface area contributed by atoms with Crippen LogP contribution < -0.4 is 4.74 Å². The number of carbonyl (C=O) groups is 1. The van der Waals surface area contributed by atoms with E-state index in [4.69, 9.17) is 20.8 Å². The molecule has 0 bridgehead atoms. The molecule has 0 radical (unpaired) electrons. The van der Waals surface area contributed by atoms with Gasteiger partial charge in [-0.2, -0.15) is 5.10 Å². The largest absolute Gasteiger partial charge is 0.486 e. The molecular formula is C21H21ClN2O3. The molecule has 5 nitrogen and oxygen atoms in total. The highest BCUT2D eigenvalue weighted by molar-refractivity contribution is 6.32. The molecule has 0 N–H and O–H groups in total. The molecule has 0 amide bonds. The van der Waals surface area contributed by atoms with Crippen molar-refractivity contribution in [1.29, 1.82) is 0 Å². The molecule has 3 aromatic rings. The first-order chi connectivity index (χ1) is 12.8. The van der Waals surface area contributed by atoms with Gasteiger partial charge in [0, 0.05) is 17.8 Å². The van der Waals surface area contributed by atoms with E-state index in [1.807, 2.05) is 39.0 Å². The molecule has 27 heavy (non-hydrogen) atoms. The SMILES string of the molecule is Cc1cc(OCc2ccc(/C=C/C(=O)c3cnn(C)c3C)o2)cc(C)c1Cl. The molecule has 2 heterocycles. The molecule has 0 unspecified atom stereocenters. The van der Waals surface area contributed by atoms with Gasteiger partial charge in [0.25, 0.3) is 0 Å². The minimum Gasteiger partial charge on any atom is -0.486 e. The lowest BCUT2D eigenvalue weighted by molar-refractivity contribution is 0.104. The summed E-state index contributed by atoms with van der Waals surface area (Å²) in [7, 11) is 1.80. The summed E-state index contributed by atoms with van der Waals surface area (Å²) in [5, 5.41) is 4.83. The van der Waals surface area contributed by atoms with Gasteiger partial charge in [-0.1, -0.05) is 11.6 Å². The summed E-state index contributed by atoms with van der Waals surface area (Å²) in [6, 6.07) is 7.42. The lowest BCUT2D eigenvalue weighted by atomic mass is 10.1. The van der Waals surface area contributed by atoms with Gasteiger partial charge in [-0.15, -0.1) is 0 Å². The quantitative estimate of drug-likeness (QED) is 0.440. The zero-order chi connectivity index (χ0) is 19.6. The van der Waals surface area contributed by atoms with E-state index in [0.717, 1.165) is 27.6 Å². The number of rotatable bonds is 6. The maximum atomic E-state index is 12.2. The predicted molar refractivity (Wildman–Crippen MR) is 105 cm³/mol. The molecule has 0 aliphatic rings. The Hall–Kier alpha value is -2.79. The van der Waals surface area contributed by atoms with Crippen molar-refractivity contribution < 1.29 is 13.9 Å². The van der Waals surface area contributed by atoms with Gasteiger partial charge < -0.3 is 9.15 Å². The van der Waals surface area contributed by atoms with Gasteiger partial charge in [0.15, 0.2) is 5.78 Å². The third-order valence-electron chi connectivity index (χ3n) is 4.37. The fourth-order valence-electron chi connectivity index (χ4n) is 2.69. The molecule has 0 aliphatic heterocycles. The maximum absolute atomic E-state index is 12.2. The summed E-state index contributed by atoms with van der Waals surface area (Å²) >= 11 is 6.17. The van der Waals surface area contributed by atoms with Gasteiger partial charge in [0.2, 0.25) is 0 Å². The van der Waals surface area contributed by atoms with Crippen molar-refractivity contribution in [3.63, 3.8) is 0 Å². The summed E-state index contributed by atoms with van der Waals surface area (Å²) in [5.41, 5.74) is 3.35. The average Bonchev–Trinajstić information content (AvgIpc) is 3.23. The summed E-state index contributed by atoms with van der Waals surface area (Å²) in [5.74, 6) is 1.89. The number of aryl methyl sites for hydroxylation is 3. The van der Waals surface area contributed by atoms with Crippen LogP contribution in [0.2, 0.25) is 5.02 Å². The van der Waals surface area contributed by atoms with Crippen LogP contribution in [0.3, 0.4) is 0 Å². The average molecular weight is 385 g/mol. The summed E-state index contributed by atoms with van der Waals surface area (Å²) in [4.78, 5) is 12.2. The Morgan fingerprint density at radius 2 is 1.96 bits per heavy atom. The van der Waals surface area contributed by atoms with Crippen LogP contribution in [0.15, 0.2) is 41.0 Å². The number of nitrogens with zero attached hydrogens (tertiary/aromatic N) is 2. The topological polar surface area (TPSA) is 57.3 Å². The number of hydrogen-bond acceptors (Lipinski definition) is 4. The zero-order valence-electron chi connectivity index (χ0n) is 15.7. The van der Waals surface area contributed by atoms with Crippen molar-refractivity contribution in [2.45, 2.75) is 27.4 Å². The van der Waals surface area contributed by atoms with Crippen LogP contribution in [0.25, 0.3) is 6.08 Å². The third-order valence-corrected chi connectivity index (χ3v) is 4.97. The van der Waals surface area contributed by atoms with E-state index in [9.17, 15) is 4.79 Å². The monoisotopic (exact) mass is 384 g/mol. The molecule has 0 aliphatic carbocycles. The van der Waals surface area contributed by atoms with Crippen molar-refractivity contribution in [2.75, 3.05) is 0 Å². The molecule has 0 spiro atoms. The number of aromatic nitrogens is 2.